The number of rotatable bonds is 3. The Labute approximate surface area is 162 Å². The second-order valence-corrected chi connectivity index (χ2v) is 7.40. The maximum absolute atomic E-state index is 12.7. The lowest BCUT2D eigenvalue weighted by atomic mass is 9.93. The van der Waals surface area contributed by atoms with Gasteiger partial charge in [-0.2, -0.15) is 13.2 Å². The molecule has 0 spiro atoms. The Kier molecular flexibility index (Phi) is 6.27. The smallest absolute Gasteiger partial charge is 0.381 e. The second-order valence-electron chi connectivity index (χ2n) is 7.40. The molecule has 154 valence electrons. The molecule has 0 N–H and O–H groups in total. The third kappa shape index (κ3) is 4.66. The third-order valence-corrected chi connectivity index (χ3v) is 5.68. The topological polar surface area (TPSA) is 49.9 Å². The van der Waals surface area contributed by atoms with Gasteiger partial charge in [-0.3, -0.25) is 9.59 Å². The predicted octanol–water partition coefficient (Wildman–Crippen LogP) is 3.20. The van der Waals surface area contributed by atoms with E-state index in [4.69, 9.17) is 4.74 Å². The molecule has 0 saturated carbocycles. The van der Waals surface area contributed by atoms with Crippen molar-refractivity contribution in [2.75, 3.05) is 33.3 Å². The SMILES string of the molecule is COC1CCN(C(=O)C2CCN(C(=O)c3ccc(C(F)(F)F)cc3)CC2)CC1. The number of hydrogen-bond donors (Lipinski definition) is 0. The van der Waals surface area contributed by atoms with Gasteiger partial charge in [0, 0.05) is 44.8 Å². The molecule has 3 rings (SSSR count). The van der Waals surface area contributed by atoms with Crippen molar-refractivity contribution in [1.82, 2.24) is 9.80 Å². The maximum Gasteiger partial charge on any atom is 0.416 e. The summed E-state index contributed by atoms with van der Waals surface area (Å²) < 4.78 is 43.3. The van der Waals surface area contributed by atoms with E-state index in [9.17, 15) is 22.8 Å². The minimum Gasteiger partial charge on any atom is -0.381 e. The van der Waals surface area contributed by atoms with Crippen LogP contribution in [-0.2, 0) is 15.7 Å². The third-order valence-electron chi connectivity index (χ3n) is 5.68. The molecule has 2 aliphatic rings. The molecule has 8 heteroatoms. The number of piperidine rings is 2. The van der Waals surface area contributed by atoms with Crippen LogP contribution in [0.2, 0.25) is 0 Å². The largest absolute Gasteiger partial charge is 0.416 e. The summed E-state index contributed by atoms with van der Waals surface area (Å²) in [7, 11) is 1.69. The lowest BCUT2D eigenvalue weighted by Gasteiger charge is -2.37. The molecule has 0 aromatic heterocycles. The summed E-state index contributed by atoms with van der Waals surface area (Å²) in [6.45, 7) is 2.26. The van der Waals surface area contributed by atoms with Crippen LogP contribution in [0.15, 0.2) is 24.3 Å². The van der Waals surface area contributed by atoms with Gasteiger partial charge in [0.1, 0.15) is 0 Å². The van der Waals surface area contributed by atoms with E-state index >= 15 is 0 Å². The highest BCUT2D eigenvalue weighted by Crippen LogP contribution is 2.29. The molecular weight excluding hydrogens is 373 g/mol. The van der Waals surface area contributed by atoms with Crippen molar-refractivity contribution in [2.45, 2.75) is 38.0 Å². The van der Waals surface area contributed by atoms with E-state index in [0.717, 1.165) is 25.0 Å². The van der Waals surface area contributed by atoms with Crippen LogP contribution in [-0.4, -0.2) is 61.0 Å². The Morgan fingerprint density at radius 3 is 1.96 bits per heavy atom. The molecule has 0 unspecified atom stereocenters. The van der Waals surface area contributed by atoms with Crippen molar-refractivity contribution in [3.05, 3.63) is 35.4 Å². The maximum atomic E-state index is 12.7. The first-order valence-corrected chi connectivity index (χ1v) is 9.57. The van der Waals surface area contributed by atoms with Crippen LogP contribution in [0.25, 0.3) is 0 Å². The quantitative estimate of drug-likeness (QED) is 0.786. The normalized spacial score (nSPS) is 19.7. The van der Waals surface area contributed by atoms with E-state index in [1.54, 1.807) is 12.0 Å². The number of halogens is 3. The molecule has 0 aliphatic carbocycles. The van der Waals surface area contributed by atoms with Gasteiger partial charge in [0.05, 0.1) is 11.7 Å². The first-order chi connectivity index (χ1) is 13.3. The molecule has 5 nitrogen and oxygen atoms in total. The summed E-state index contributed by atoms with van der Waals surface area (Å²) in [6, 6.07) is 4.27. The number of likely N-dealkylation sites (tertiary alicyclic amines) is 2. The molecule has 0 radical (unpaired) electrons. The van der Waals surface area contributed by atoms with Gasteiger partial charge in [0.15, 0.2) is 0 Å². The summed E-state index contributed by atoms with van der Waals surface area (Å²) >= 11 is 0. The average molecular weight is 398 g/mol. The fraction of sp³-hybridized carbons (Fsp3) is 0.600. The fourth-order valence-electron chi connectivity index (χ4n) is 3.88. The van der Waals surface area contributed by atoms with Gasteiger partial charge in [0.25, 0.3) is 5.91 Å². The lowest BCUT2D eigenvalue weighted by molar-refractivity contribution is -0.139. The Balaban J connectivity index is 1.52. The zero-order valence-corrected chi connectivity index (χ0v) is 15.9. The van der Waals surface area contributed by atoms with Crippen molar-refractivity contribution in [2.24, 2.45) is 5.92 Å². The molecular formula is C20H25F3N2O3. The fourth-order valence-corrected chi connectivity index (χ4v) is 3.88. The Morgan fingerprint density at radius 1 is 0.929 bits per heavy atom. The van der Waals surface area contributed by atoms with Gasteiger partial charge in [-0.15, -0.1) is 0 Å². The van der Waals surface area contributed by atoms with Crippen LogP contribution < -0.4 is 0 Å². The molecule has 0 atom stereocenters. The van der Waals surface area contributed by atoms with Crippen LogP contribution in [0, 0.1) is 5.92 Å². The van der Waals surface area contributed by atoms with Crippen molar-refractivity contribution in [3.8, 4) is 0 Å². The molecule has 1 aromatic carbocycles. The summed E-state index contributed by atoms with van der Waals surface area (Å²) in [4.78, 5) is 28.7. The number of ether oxygens (including phenoxy) is 1. The standard InChI is InChI=1S/C20H25F3N2O3/c1-28-17-8-12-25(13-9-17)19(27)15-6-10-24(11-7-15)18(26)14-2-4-16(5-3-14)20(21,22)23/h2-5,15,17H,6-13H2,1H3. The number of carbonyl (C=O) groups is 2. The first kappa shape index (κ1) is 20.6. The molecule has 2 saturated heterocycles. The number of benzene rings is 1. The van der Waals surface area contributed by atoms with Gasteiger partial charge in [0.2, 0.25) is 5.91 Å². The molecule has 0 bridgehead atoms. The number of amides is 2. The molecule has 2 fully saturated rings. The number of carbonyl (C=O) groups excluding carboxylic acids is 2. The molecule has 2 heterocycles. The summed E-state index contributed by atoms with van der Waals surface area (Å²) in [5.74, 6) is -0.257. The molecule has 2 amide bonds. The second kappa shape index (κ2) is 8.51. The Hall–Kier alpha value is -2.09. The summed E-state index contributed by atoms with van der Waals surface area (Å²) in [5, 5.41) is 0. The van der Waals surface area contributed by atoms with Crippen molar-refractivity contribution in [3.63, 3.8) is 0 Å². The van der Waals surface area contributed by atoms with Crippen molar-refractivity contribution < 1.29 is 27.5 Å². The van der Waals surface area contributed by atoms with E-state index in [0.29, 0.717) is 39.0 Å². The van der Waals surface area contributed by atoms with Crippen molar-refractivity contribution >= 4 is 11.8 Å². The zero-order chi connectivity index (χ0) is 20.3. The van der Waals surface area contributed by atoms with E-state index in [2.05, 4.69) is 0 Å². The Morgan fingerprint density at radius 2 is 1.46 bits per heavy atom. The van der Waals surface area contributed by atoms with Crippen LogP contribution >= 0.6 is 0 Å². The molecule has 1 aromatic rings. The Bertz CT molecular complexity index is 690. The number of methoxy groups -OCH3 is 1. The van der Waals surface area contributed by atoms with E-state index in [1.165, 1.54) is 12.1 Å². The predicted molar refractivity (Wildman–Crippen MR) is 96.7 cm³/mol. The highest BCUT2D eigenvalue weighted by molar-refractivity contribution is 5.94. The van der Waals surface area contributed by atoms with Gasteiger partial charge in [-0.1, -0.05) is 0 Å². The van der Waals surface area contributed by atoms with E-state index in [-0.39, 0.29) is 29.4 Å². The van der Waals surface area contributed by atoms with Crippen LogP contribution in [0.1, 0.15) is 41.6 Å². The molecule has 2 aliphatic heterocycles. The van der Waals surface area contributed by atoms with Crippen LogP contribution in [0.4, 0.5) is 13.2 Å². The number of nitrogens with zero attached hydrogens (tertiary/aromatic N) is 2. The minimum absolute atomic E-state index is 0.101. The van der Waals surface area contributed by atoms with Gasteiger partial charge in [-0.05, 0) is 49.9 Å². The van der Waals surface area contributed by atoms with Gasteiger partial charge in [-0.25, -0.2) is 0 Å². The van der Waals surface area contributed by atoms with Crippen LogP contribution in [0.5, 0.6) is 0 Å². The summed E-state index contributed by atoms with van der Waals surface area (Å²) in [5.41, 5.74) is -0.537. The highest BCUT2D eigenvalue weighted by Gasteiger charge is 2.33. The number of hydrogen-bond acceptors (Lipinski definition) is 3. The highest BCUT2D eigenvalue weighted by atomic mass is 19.4. The van der Waals surface area contributed by atoms with Gasteiger partial charge >= 0.3 is 6.18 Å². The molecule has 28 heavy (non-hydrogen) atoms. The average Bonchev–Trinajstić information content (AvgIpc) is 2.72. The van der Waals surface area contributed by atoms with E-state index < -0.39 is 11.7 Å². The van der Waals surface area contributed by atoms with Gasteiger partial charge < -0.3 is 14.5 Å². The minimum atomic E-state index is -4.42. The van der Waals surface area contributed by atoms with Crippen LogP contribution in [0.3, 0.4) is 0 Å². The first-order valence-electron chi connectivity index (χ1n) is 9.57. The lowest BCUT2D eigenvalue weighted by Crippen LogP contribution is -2.47. The monoisotopic (exact) mass is 398 g/mol. The van der Waals surface area contributed by atoms with E-state index in [1.807, 2.05) is 4.90 Å². The zero-order valence-electron chi connectivity index (χ0n) is 15.9. The summed E-state index contributed by atoms with van der Waals surface area (Å²) in [6.07, 6.45) is -1.36. The number of alkyl halides is 3. The van der Waals surface area contributed by atoms with Crippen molar-refractivity contribution in [1.29, 1.82) is 0 Å².